The second kappa shape index (κ2) is 9.27. The Balaban J connectivity index is 1.55. The number of nitrogens with zero attached hydrogens (tertiary/aromatic N) is 5. The summed E-state index contributed by atoms with van der Waals surface area (Å²) in [5.41, 5.74) is 0.879. The van der Waals surface area contributed by atoms with E-state index in [4.69, 9.17) is 4.74 Å². The van der Waals surface area contributed by atoms with Gasteiger partial charge in [-0.1, -0.05) is 12.1 Å². The Morgan fingerprint density at radius 3 is 2.50 bits per heavy atom. The molecule has 0 fully saturated rings. The number of aromatic nitrogens is 4. The van der Waals surface area contributed by atoms with E-state index in [0.717, 1.165) is 4.31 Å². The molecular weight excluding hydrogens is 463 g/mol. The molecule has 0 radical (unpaired) electrons. The Kier molecular flexibility index (Phi) is 6.23. The molecule has 0 saturated carbocycles. The van der Waals surface area contributed by atoms with Crippen molar-refractivity contribution in [3.63, 3.8) is 0 Å². The number of hydrogen-bond donors (Lipinski definition) is 1. The van der Waals surface area contributed by atoms with Crippen molar-refractivity contribution in [1.29, 1.82) is 0 Å². The van der Waals surface area contributed by atoms with E-state index in [2.05, 4.69) is 20.8 Å². The Bertz CT molecular complexity index is 1430. The van der Waals surface area contributed by atoms with Crippen LogP contribution in [0.15, 0.2) is 78.0 Å². The molecule has 0 aliphatic rings. The van der Waals surface area contributed by atoms with Gasteiger partial charge < -0.3 is 10.1 Å². The van der Waals surface area contributed by atoms with E-state index in [-0.39, 0.29) is 16.1 Å². The van der Waals surface area contributed by atoms with Crippen molar-refractivity contribution in [2.45, 2.75) is 4.90 Å². The normalized spacial score (nSPS) is 11.1. The number of methoxy groups -OCH3 is 1. The lowest BCUT2D eigenvalue weighted by atomic mass is 10.2. The topological polar surface area (TPSA) is 119 Å². The molecule has 0 atom stereocenters. The highest BCUT2D eigenvalue weighted by Crippen LogP contribution is 2.31. The zero-order valence-corrected chi connectivity index (χ0v) is 18.9. The number of carbonyl (C=O) groups is 1. The van der Waals surface area contributed by atoms with Gasteiger partial charge in [-0.25, -0.2) is 17.5 Å². The summed E-state index contributed by atoms with van der Waals surface area (Å²) in [6.45, 7) is 0. The Labute approximate surface area is 194 Å². The number of halogens is 1. The first kappa shape index (κ1) is 22.9. The van der Waals surface area contributed by atoms with Gasteiger partial charge in [-0.3, -0.25) is 9.10 Å². The van der Waals surface area contributed by atoms with E-state index in [1.54, 1.807) is 24.3 Å². The predicted molar refractivity (Wildman–Crippen MR) is 122 cm³/mol. The van der Waals surface area contributed by atoms with Crippen LogP contribution in [0.25, 0.3) is 5.69 Å². The Hall–Kier alpha value is -4.32. The lowest BCUT2D eigenvalue weighted by molar-refractivity contribution is 0.102. The summed E-state index contributed by atoms with van der Waals surface area (Å²) < 4.78 is 48.0. The average Bonchev–Trinajstić information content (AvgIpc) is 3.40. The van der Waals surface area contributed by atoms with Gasteiger partial charge in [0.25, 0.3) is 15.9 Å². The third-order valence-corrected chi connectivity index (χ3v) is 6.80. The van der Waals surface area contributed by atoms with Crippen molar-refractivity contribution in [1.82, 2.24) is 20.2 Å². The molecule has 0 saturated heterocycles. The highest BCUT2D eigenvalue weighted by atomic mass is 32.2. The summed E-state index contributed by atoms with van der Waals surface area (Å²) in [6, 6.07) is 16.0. The van der Waals surface area contributed by atoms with Crippen molar-refractivity contribution in [3.05, 3.63) is 84.4 Å². The van der Waals surface area contributed by atoms with Gasteiger partial charge in [0.15, 0.2) is 0 Å². The number of nitrogens with one attached hydrogen (secondary N) is 1. The summed E-state index contributed by atoms with van der Waals surface area (Å²) in [7, 11) is -1.06. The maximum Gasteiger partial charge on any atom is 0.264 e. The third kappa shape index (κ3) is 4.43. The number of amides is 1. The molecule has 1 amide bonds. The average molecular weight is 482 g/mol. The number of carbonyl (C=O) groups excluding carboxylic acids is 1. The minimum atomic E-state index is -3.92. The van der Waals surface area contributed by atoms with Crippen molar-refractivity contribution in [3.8, 4) is 11.4 Å². The molecule has 4 rings (SSSR count). The molecular formula is C22H19FN6O4S. The van der Waals surface area contributed by atoms with Crippen molar-refractivity contribution in [2.75, 3.05) is 23.8 Å². The van der Waals surface area contributed by atoms with Gasteiger partial charge in [-0.15, -0.1) is 5.10 Å². The van der Waals surface area contributed by atoms with Crippen LogP contribution >= 0.6 is 0 Å². The molecule has 3 aromatic carbocycles. The zero-order chi connectivity index (χ0) is 24.3. The summed E-state index contributed by atoms with van der Waals surface area (Å²) in [5.74, 6) is -0.867. The fraction of sp³-hybridized carbons (Fsp3) is 0.0909. The predicted octanol–water partition coefficient (Wildman–Crippen LogP) is 2.89. The maximum absolute atomic E-state index is 14.2. The van der Waals surface area contributed by atoms with Crippen LogP contribution in [0.1, 0.15) is 10.4 Å². The van der Waals surface area contributed by atoms with Gasteiger partial charge in [0, 0.05) is 12.6 Å². The first-order valence-electron chi connectivity index (χ1n) is 9.87. The number of sulfonamides is 1. The quantitative estimate of drug-likeness (QED) is 0.430. The van der Waals surface area contributed by atoms with Crippen LogP contribution in [0.5, 0.6) is 5.75 Å². The fourth-order valence-corrected chi connectivity index (χ4v) is 4.39. The van der Waals surface area contributed by atoms with Gasteiger partial charge >= 0.3 is 0 Å². The molecule has 0 bridgehead atoms. The van der Waals surface area contributed by atoms with E-state index in [9.17, 15) is 17.6 Å². The van der Waals surface area contributed by atoms with Crippen molar-refractivity contribution < 1.29 is 22.3 Å². The van der Waals surface area contributed by atoms with Crippen LogP contribution in [0.3, 0.4) is 0 Å². The molecule has 1 N–H and O–H groups in total. The highest BCUT2D eigenvalue weighted by molar-refractivity contribution is 7.92. The number of benzene rings is 3. The number of anilines is 2. The van der Waals surface area contributed by atoms with Gasteiger partial charge in [0.05, 0.1) is 29.1 Å². The monoisotopic (exact) mass is 482 g/mol. The molecule has 12 heteroatoms. The van der Waals surface area contributed by atoms with Crippen LogP contribution in [-0.2, 0) is 10.0 Å². The van der Waals surface area contributed by atoms with Crippen molar-refractivity contribution in [2.24, 2.45) is 0 Å². The molecule has 4 aromatic rings. The zero-order valence-electron chi connectivity index (χ0n) is 18.1. The minimum Gasteiger partial charge on any atom is -0.495 e. The van der Waals surface area contributed by atoms with Gasteiger partial charge in [0.2, 0.25) is 0 Å². The van der Waals surface area contributed by atoms with Gasteiger partial charge in [0.1, 0.15) is 17.9 Å². The second-order valence-electron chi connectivity index (χ2n) is 7.04. The molecule has 34 heavy (non-hydrogen) atoms. The molecule has 1 heterocycles. The Morgan fingerprint density at radius 2 is 1.82 bits per heavy atom. The van der Waals surface area contributed by atoms with Crippen LogP contribution in [0.4, 0.5) is 15.8 Å². The smallest absolute Gasteiger partial charge is 0.264 e. The summed E-state index contributed by atoms with van der Waals surface area (Å²) in [5, 5.41) is 13.2. The van der Waals surface area contributed by atoms with E-state index in [0.29, 0.717) is 17.1 Å². The van der Waals surface area contributed by atoms with Crippen molar-refractivity contribution >= 4 is 27.3 Å². The first-order valence-corrected chi connectivity index (χ1v) is 11.3. The lowest BCUT2D eigenvalue weighted by Gasteiger charge is -2.21. The Morgan fingerprint density at radius 1 is 1.09 bits per heavy atom. The molecule has 10 nitrogen and oxygen atoms in total. The first-order chi connectivity index (χ1) is 16.3. The highest BCUT2D eigenvalue weighted by Gasteiger charge is 2.24. The molecule has 174 valence electrons. The number of para-hydroxylation sites is 2. The largest absolute Gasteiger partial charge is 0.495 e. The van der Waals surface area contributed by atoms with E-state index >= 15 is 0 Å². The SMILES string of the molecule is COc1ccccc1N(C)S(=O)(=O)c1ccc(C(=O)Nc2cc(-n3cnnn3)ccc2F)cc1. The molecule has 0 unspecified atom stereocenters. The maximum atomic E-state index is 14.2. The van der Waals surface area contributed by atoms with E-state index in [1.807, 2.05) is 0 Å². The fourth-order valence-electron chi connectivity index (χ4n) is 3.18. The molecule has 1 aromatic heterocycles. The number of tetrazole rings is 1. The summed E-state index contributed by atoms with van der Waals surface area (Å²) in [4.78, 5) is 12.6. The summed E-state index contributed by atoms with van der Waals surface area (Å²) in [6.07, 6.45) is 1.33. The molecule has 0 aliphatic heterocycles. The van der Waals surface area contributed by atoms with Crippen LogP contribution in [0, 0.1) is 5.82 Å². The van der Waals surface area contributed by atoms with Crippen LogP contribution in [-0.4, -0.2) is 48.7 Å². The number of rotatable bonds is 7. The third-order valence-electron chi connectivity index (χ3n) is 5.01. The minimum absolute atomic E-state index is 0.0238. The molecule has 0 spiro atoms. The summed E-state index contributed by atoms with van der Waals surface area (Å²) >= 11 is 0. The van der Waals surface area contributed by atoms with Gasteiger partial charge in [-0.2, -0.15) is 0 Å². The van der Waals surface area contributed by atoms with E-state index < -0.39 is 21.7 Å². The number of hydrogen-bond acceptors (Lipinski definition) is 7. The van der Waals surface area contributed by atoms with Crippen LogP contribution < -0.4 is 14.4 Å². The van der Waals surface area contributed by atoms with Gasteiger partial charge in [-0.05, 0) is 65.0 Å². The lowest BCUT2D eigenvalue weighted by Crippen LogP contribution is -2.27. The molecule has 0 aliphatic carbocycles. The van der Waals surface area contributed by atoms with Crippen LogP contribution in [0.2, 0.25) is 0 Å². The standard InChI is InChI=1S/C22H19FN6O4S/c1-28(20-5-3-4-6-21(20)33-2)34(31,32)17-10-7-15(8-11-17)22(30)25-19-13-16(9-12-18(19)23)29-14-24-26-27-29/h3-14H,1-2H3,(H,25,30). The van der Waals surface area contributed by atoms with E-state index in [1.165, 1.54) is 67.6 Å². The number of ether oxygens (including phenoxy) is 1. The second-order valence-corrected chi connectivity index (χ2v) is 9.01.